The van der Waals surface area contributed by atoms with E-state index in [1.807, 2.05) is 12.1 Å². The SMILES string of the molecule is Cn1cccc(C2CC2)c1=O. The van der Waals surface area contributed by atoms with Gasteiger partial charge in [0.25, 0.3) is 5.56 Å². The van der Waals surface area contributed by atoms with E-state index in [-0.39, 0.29) is 5.56 Å². The highest BCUT2D eigenvalue weighted by Gasteiger charge is 2.25. The average molecular weight is 149 g/mol. The van der Waals surface area contributed by atoms with E-state index >= 15 is 0 Å². The Balaban J connectivity index is 2.54. The van der Waals surface area contributed by atoms with Crippen LogP contribution in [0.25, 0.3) is 0 Å². The van der Waals surface area contributed by atoms with Crippen molar-refractivity contribution in [3.05, 3.63) is 34.2 Å². The van der Waals surface area contributed by atoms with Gasteiger partial charge in [0.1, 0.15) is 0 Å². The molecule has 58 valence electrons. The largest absolute Gasteiger partial charge is 0.318 e. The zero-order valence-electron chi connectivity index (χ0n) is 6.58. The third kappa shape index (κ3) is 1.09. The van der Waals surface area contributed by atoms with Crippen molar-refractivity contribution in [1.82, 2.24) is 4.57 Å². The van der Waals surface area contributed by atoms with Crippen LogP contribution in [0.4, 0.5) is 0 Å². The molecule has 0 radical (unpaired) electrons. The lowest BCUT2D eigenvalue weighted by Gasteiger charge is -1.99. The predicted molar refractivity (Wildman–Crippen MR) is 43.7 cm³/mol. The Morgan fingerprint density at radius 3 is 2.91 bits per heavy atom. The topological polar surface area (TPSA) is 22.0 Å². The molecular weight excluding hydrogens is 138 g/mol. The molecule has 1 fully saturated rings. The van der Waals surface area contributed by atoms with Gasteiger partial charge in [-0.15, -0.1) is 0 Å². The maximum absolute atomic E-state index is 11.4. The molecule has 11 heavy (non-hydrogen) atoms. The van der Waals surface area contributed by atoms with E-state index in [0.29, 0.717) is 5.92 Å². The number of aromatic nitrogens is 1. The Morgan fingerprint density at radius 1 is 1.55 bits per heavy atom. The van der Waals surface area contributed by atoms with Crippen molar-refractivity contribution in [2.24, 2.45) is 7.05 Å². The second kappa shape index (κ2) is 2.22. The summed E-state index contributed by atoms with van der Waals surface area (Å²) in [5.41, 5.74) is 1.17. The molecule has 0 saturated heterocycles. The maximum atomic E-state index is 11.4. The van der Waals surface area contributed by atoms with E-state index in [1.165, 1.54) is 12.8 Å². The molecule has 1 aliphatic rings. The van der Waals surface area contributed by atoms with E-state index in [4.69, 9.17) is 0 Å². The number of aryl methyl sites for hydroxylation is 1. The Kier molecular flexibility index (Phi) is 1.34. The van der Waals surface area contributed by atoms with Crippen molar-refractivity contribution >= 4 is 0 Å². The molecule has 0 spiro atoms. The summed E-state index contributed by atoms with van der Waals surface area (Å²) in [5.74, 6) is 0.565. The lowest BCUT2D eigenvalue weighted by Crippen LogP contribution is -2.19. The molecule has 0 aliphatic heterocycles. The molecule has 1 aromatic rings. The van der Waals surface area contributed by atoms with Crippen molar-refractivity contribution < 1.29 is 0 Å². The van der Waals surface area contributed by atoms with Crippen LogP contribution in [-0.2, 0) is 7.05 Å². The number of hydrogen-bond donors (Lipinski definition) is 0. The van der Waals surface area contributed by atoms with Gasteiger partial charge in [0, 0.05) is 18.8 Å². The van der Waals surface area contributed by atoms with Gasteiger partial charge in [-0.1, -0.05) is 6.07 Å². The Labute approximate surface area is 65.5 Å². The molecule has 0 unspecified atom stereocenters. The van der Waals surface area contributed by atoms with Gasteiger partial charge in [0.15, 0.2) is 0 Å². The van der Waals surface area contributed by atoms with Crippen molar-refractivity contribution in [2.45, 2.75) is 18.8 Å². The maximum Gasteiger partial charge on any atom is 0.253 e. The summed E-state index contributed by atoms with van der Waals surface area (Å²) in [7, 11) is 1.80. The molecule has 1 aromatic heterocycles. The fourth-order valence-corrected chi connectivity index (χ4v) is 1.32. The third-order valence-electron chi connectivity index (χ3n) is 2.17. The molecule has 2 heteroatoms. The molecule has 0 atom stereocenters. The van der Waals surface area contributed by atoms with Crippen LogP contribution < -0.4 is 5.56 Å². The second-order valence-corrected chi connectivity index (χ2v) is 3.15. The molecule has 0 aromatic carbocycles. The van der Waals surface area contributed by atoms with Crippen LogP contribution in [0.1, 0.15) is 24.3 Å². The summed E-state index contributed by atoms with van der Waals surface area (Å²) in [6.07, 6.45) is 4.19. The molecule has 2 nitrogen and oxygen atoms in total. The van der Waals surface area contributed by atoms with Gasteiger partial charge in [0.05, 0.1) is 0 Å². The highest BCUT2D eigenvalue weighted by Crippen LogP contribution is 2.37. The van der Waals surface area contributed by atoms with E-state index in [9.17, 15) is 4.79 Å². The first kappa shape index (κ1) is 6.65. The van der Waals surface area contributed by atoms with Gasteiger partial charge in [-0.3, -0.25) is 4.79 Å². The molecule has 1 saturated carbocycles. The molecule has 0 amide bonds. The lowest BCUT2D eigenvalue weighted by atomic mass is 10.2. The van der Waals surface area contributed by atoms with Crippen molar-refractivity contribution in [3.63, 3.8) is 0 Å². The van der Waals surface area contributed by atoms with E-state index < -0.39 is 0 Å². The fourth-order valence-electron chi connectivity index (χ4n) is 1.32. The average Bonchev–Trinajstić information content (AvgIpc) is 2.77. The first-order valence-corrected chi connectivity index (χ1v) is 3.94. The van der Waals surface area contributed by atoms with Crippen LogP contribution in [0.3, 0.4) is 0 Å². The summed E-state index contributed by atoms with van der Waals surface area (Å²) in [5, 5.41) is 0. The summed E-state index contributed by atoms with van der Waals surface area (Å²) in [6, 6.07) is 3.88. The zero-order valence-corrected chi connectivity index (χ0v) is 6.58. The quantitative estimate of drug-likeness (QED) is 0.589. The minimum absolute atomic E-state index is 0.176. The van der Waals surface area contributed by atoms with E-state index in [0.717, 1.165) is 5.56 Å². The van der Waals surface area contributed by atoms with Gasteiger partial charge in [-0.25, -0.2) is 0 Å². The van der Waals surface area contributed by atoms with Crippen LogP contribution in [-0.4, -0.2) is 4.57 Å². The normalized spacial score (nSPS) is 16.8. The molecular formula is C9H11NO. The molecule has 0 N–H and O–H groups in total. The van der Waals surface area contributed by atoms with Crippen LogP contribution in [0.2, 0.25) is 0 Å². The number of rotatable bonds is 1. The number of hydrogen-bond acceptors (Lipinski definition) is 1. The standard InChI is InChI=1S/C9H11NO/c1-10-6-2-3-8(9(10)11)7-4-5-7/h2-3,6-7H,4-5H2,1H3. The molecule has 2 rings (SSSR count). The Morgan fingerprint density at radius 2 is 2.27 bits per heavy atom. The number of nitrogens with zero attached hydrogens (tertiary/aromatic N) is 1. The van der Waals surface area contributed by atoms with Crippen molar-refractivity contribution in [1.29, 1.82) is 0 Å². The summed E-state index contributed by atoms with van der Waals surface area (Å²) >= 11 is 0. The molecule has 1 aliphatic carbocycles. The van der Waals surface area contributed by atoms with Crippen molar-refractivity contribution in [2.75, 3.05) is 0 Å². The van der Waals surface area contributed by atoms with Crippen LogP contribution >= 0.6 is 0 Å². The lowest BCUT2D eigenvalue weighted by molar-refractivity contribution is 0.832. The fraction of sp³-hybridized carbons (Fsp3) is 0.444. The molecule has 1 heterocycles. The van der Waals surface area contributed by atoms with Gasteiger partial charge in [-0.2, -0.15) is 0 Å². The van der Waals surface area contributed by atoms with Crippen LogP contribution in [0.15, 0.2) is 23.1 Å². The minimum Gasteiger partial charge on any atom is -0.318 e. The summed E-state index contributed by atoms with van der Waals surface area (Å²) < 4.78 is 1.65. The van der Waals surface area contributed by atoms with Gasteiger partial charge in [0.2, 0.25) is 0 Å². The van der Waals surface area contributed by atoms with Gasteiger partial charge >= 0.3 is 0 Å². The minimum atomic E-state index is 0.176. The monoisotopic (exact) mass is 149 g/mol. The zero-order chi connectivity index (χ0) is 7.84. The first-order valence-electron chi connectivity index (χ1n) is 3.94. The van der Waals surface area contributed by atoms with Crippen LogP contribution in [0, 0.1) is 0 Å². The van der Waals surface area contributed by atoms with Gasteiger partial charge in [-0.05, 0) is 24.8 Å². The highest BCUT2D eigenvalue weighted by atomic mass is 16.1. The summed E-state index contributed by atoms with van der Waals surface area (Å²) in [6.45, 7) is 0. The van der Waals surface area contributed by atoms with E-state index in [1.54, 1.807) is 17.8 Å². The smallest absolute Gasteiger partial charge is 0.253 e. The van der Waals surface area contributed by atoms with E-state index in [2.05, 4.69) is 0 Å². The Bertz CT molecular complexity index is 323. The third-order valence-corrected chi connectivity index (χ3v) is 2.17. The number of pyridine rings is 1. The van der Waals surface area contributed by atoms with Crippen molar-refractivity contribution in [3.8, 4) is 0 Å². The van der Waals surface area contributed by atoms with Crippen LogP contribution in [0.5, 0.6) is 0 Å². The highest BCUT2D eigenvalue weighted by molar-refractivity contribution is 5.20. The Hall–Kier alpha value is -1.05. The first-order chi connectivity index (χ1) is 5.29. The summed E-state index contributed by atoms with van der Waals surface area (Å²) in [4.78, 5) is 11.4. The predicted octanol–water partition coefficient (Wildman–Crippen LogP) is 1.26. The molecule has 0 bridgehead atoms. The van der Waals surface area contributed by atoms with Gasteiger partial charge < -0.3 is 4.57 Å². The second-order valence-electron chi connectivity index (χ2n) is 3.15.